The predicted molar refractivity (Wildman–Crippen MR) is 136 cm³/mol. The molecular weight excluding hydrogens is 452 g/mol. The van der Waals surface area contributed by atoms with Gasteiger partial charge >= 0.3 is 0 Å². The molecule has 7 heteroatoms. The van der Waals surface area contributed by atoms with Crippen molar-refractivity contribution in [2.45, 2.75) is 12.8 Å². The molecule has 0 saturated carbocycles. The van der Waals surface area contributed by atoms with E-state index in [2.05, 4.69) is 25.8 Å². The summed E-state index contributed by atoms with van der Waals surface area (Å²) in [6.07, 6.45) is 4.14. The third kappa shape index (κ3) is 5.40. The van der Waals surface area contributed by atoms with Crippen molar-refractivity contribution in [1.82, 2.24) is 14.8 Å². The highest BCUT2D eigenvalue weighted by molar-refractivity contribution is 7.17. The molecule has 0 bridgehead atoms. The summed E-state index contributed by atoms with van der Waals surface area (Å²) < 4.78 is 0. The van der Waals surface area contributed by atoms with Crippen molar-refractivity contribution in [2.24, 2.45) is 5.92 Å². The molecule has 0 aliphatic carbocycles. The van der Waals surface area contributed by atoms with Gasteiger partial charge in [-0.1, -0.05) is 29.8 Å². The second-order valence-corrected chi connectivity index (χ2v) is 10.4. The second-order valence-electron chi connectivity index (χ2n) is 8.91. The van der Waals surface area contributed by atoms with Gasteiger partial charge in [0.2, 0.25) is 0 Å². The van der Waals surface area contributed by atoms with Gasteiger partial charge in [0.05, 0.1) is 4.88 Å². The van der Waals surface area contributed by atoms with Crippen LogP contribution in [0.2, 0.25) is 5.02 Å². The molecule has 5 nitrogen and oxygen atoms in total. The van der Waals surface area contributed by atoms with Gasteiger partial charge in [0.15, 0.2) is 0 Å². The molecule has 2 aromatic heterocycles. The lowest BCUT2D eigenvalue weighted by atomic mass is 9.97. The van der Waals surface area contributed by atoms with Gasteiger partial charge in [0, 0.05) is 61.9 Å². The third-order valence-corrected chi connectivity index (χ3v) is 7.99. The van der Waals surface area contributed by atoms with Crippen molar-refractivity contribution in [1.29, 1.82) is 0 Å². The first-order chi connectivity index (χ1) is 16.2. The lowest BCUT2D eigenvalue weighted by Crippen LogP contribution is -2.50. The van der Waals surface area contributed by atoms with E-state index in [0.29, 0.717) is 5.92 Å². The minimum Gasteiger partial charge on any atom is -0.354 e. The van der Waals surface area contributed by atoms with E-state index in [-0.39, 0.29) is 5.91 Å². The van der Waals surface area contributed by atoms with E-state index in [9.17, 15) is 4.79 Å². The maximum atomic E-state index is 13.2. The monoisotopic (exact) mass is 480 g/mol. The number of hydrogen-bond donors (Lipinski definition) is 0. The largest absolute Gasteiger partial charge is 0.354 e. The summed E-state index contributed by atoms with van der Waals surface area (Å²) in [6.45, 7) is 6.90. The van der Waals surface area contributed by atoms with Crippen LogP contribution in [-0.2, 0) is 0 Å². The molecule has 0 radical (unpaired) electrons. The number of aromatic nitrogens is 1. The number of anilines is 1. The highest BCUT2D eigenvalue weighted by Crippen LogP contribution is 2.31. The number of piperidine rings is 1. The average Bonchev–Trinajstić information content (AvgIpc) is 3.36. The number of amides is 1. The van der Waals surface area contributed by atoms with Gasteiger partial charge in [0.1, 0.15) is 5.82 Å². The number of hydrogen-bond acceptors (Lipinski definition) is 5. The van der Waals surface area contributed by atoms with Crippen molar-refractivity contribution in [3.63, 3.8) is 0 Å². The standard InChI is InChI=1S/C26H29ClN4OS/c27-22-8-6-21(7-9-22)23-10-11-24(33-23)26(32)31-13-3-4-20(19-31)18-29-14-16-30(17-15-29)25-5-1-2-12-28-25/h1-2,5-12,20H,3-4,13-19H2. The van der Waals surface area contributed by atoms with Crippen LogP contribution in [0.15, 0.2) is 60.8 Å². The van der Waals surface area contributed by atoms with Crippen molar-refractivity contribution < 1.29 is 4.79 Å². The van der Waals surface area contributed by atoms with Crippen LogP contribution in [0, 0.1) is 5.92 Å². The molecule has 3 aromatic rings. The Balaban J connectivity index is 1.15. The fourth-order valence-corrected chi connectivity index (χ4v) is 5.95. The van der Waals surface area contributed by atoms with Gasteiger partial charge in [-0.25, -0.2) is 4.98 Å². The van der Waals surface area contributed by atoms with Crippen molar-refractivity contribution in [3.05, 3.63) is 70.7 Å². The Morgan fingerprint density at radius 3 is 2.58 bits per heavy atom. The zero-order valence-corrected chi connectivity index (χ0v) is 20.3. The molecule has 1 aromatic carbocycles. The van der Waals surface area contributed by atoms with Crippen molar-refractivity contribution >= 4 is 34.7 Å². The Hall–Kier alpha value is -2.41. The summed E-state index contributed by atoms with van der Waals surface area (Å²) in [4.78, 5) is 26.6. The summed E-state index contributed by atoms with van der Waals surface area (Å²) in [7, 11) is 0. The van der Waals surface area contributed by atoms with E-state index in [0.717, 1.165) is 78.4 Å². The van der Waals surface area contributed by atoms with Gasteiger partial charge in [-0.2, -0.15) is 0 Å². The number of rotatable bonds is 5. The number of piperazine rings is 1. The van der Waals surface area contributed by atoms with Crippen LogP contribution in [0.3, 0.4) is 0 Å². The SMILES string of the molecule is O=C(c1ccc(-c2ccc(Cl)cc2)s1)N1CCCC(CN2CCN(c3ccccn3)CC2)C1. The van der Waals surface area contributed by atoms with Crippen LogP contribution in [0.4, 0.5) is 5.82 Å². The Labute approximate surface area is 204 Å². The summed E-state index contributed by atoms with van der Waals surface area (Å²) in [5, 5.41) is 0.726. The lowest BCUT2D eigenvalue weighted by Gasteiger charge is -2.39. The fourth-order valence-electron chi connectivity index (χ4n) is 4.84. The first-order valence-electron chi connectivity index (χ1n) is 11.7. The minimum atomic E-state index is 0.171. The predicted octanol–water partition coefficient (Wildman–Crippen LogP) is 5.14. The second kappa shape index (κ2) is 10.2. The minimum absolute atomic E-state index is 0.171. The Morgan fingerprint density at radius 2 is 1.82 bits per heavy atom. The lowest BCUT2D eigenvalue weighted by molar-refractivity contribution is 0.0642. The van der Waals surface area contributed by atoms with E-state index >= 15 is 0 Å². The van der Waals surface area contributed by atoms with Crippen LogP contribution >= 0.6 is 22.9 Å². The number of thiophene rings is 1. The molecule has 172 valence electrons. The van der Waals surface area contributed by atoms with E-state index in [4.69, 9.17) is 11.6 Å². The molecule has 1 atom stereocenters. The quantitative estimate of drug-likeness (QED) is 0.507. The van der Waals surface area contributed by atoms with E-state index in [1.54, 1.807) is 11.3 Å². The van der Waals surface area contributed by atoms with E-state index in [1.165, 1.54) is 6.42 Å². The number of benzene rings is 1. The number of likely N-dealkylation sites (tertiary alicyclic amines) is 1. The number of carbonyl (C=O) groups is 1. The molecule has 1 amide bonds. The van der Waals surface area contributed by atoms with Crippen LogP contribution in [0.5, 0.6) is 0 Å². The summed E-state index contributed by atoms with van der Waals surface area (Å²) in [5.41, 5.74) is 1.10. The molecular formula is C26H29ClN4OS. The molecule has 2 aliphatic rings. The molecule has 0 N–H and O–H groups in total. The van der Waals surface area contributed by atoms with Gasteiger partial charge in [-0.15, -0.1) is 11.3 Å². The summed E-state index contributed by atoms with van der Waals surface area (Å²) in [6, 6.07) is 17.9. The van der Waals surface area contributed by atoms with Gasteiger partial charge < -0.3 is 9.80 Å². The molecule has 1 unspecified atom stereocenters. The zero-order chi connectivity index (χ0) is 22.6. The van der Waals surface area contributed by atoms with Crippen molar-refractivity contribution in [2.75, 3.05) is 50.7 Å². The Morgan fingerprint density at radius 1 is 1.00 bits per heavy atom. The number of halogens is 1. The summed E-state index contributed by atoms with van der Waals surface area (Å²) in [5.74, 6) is 1.78. The van der Waals surface area contributed by atoms with Crippen LogP contribution in [0.1, 0.15) is 22.5 Å². The van der Waals surface area contributed by atoms with E-state index < -0.39 is 0 Å². The van der Waals surface area contributed by atoms with Gasteiger partial charge in [-0.05, 0) is 60.7 Å². The first-order valence-corrected chi connectivity index (χ1v) is 12.9. The van der Waals surface area contributed by atoms with Crippen LogP contribution in [0.25, 0.3) is 10.4 Å². The number of carbonyl (C=O) groups excluding carboxylic acids is 1. The van der Waals surface area contributed by atoms with Crippen LogP contribution < -0.4 is 4.90 Å². The topological polar surface area (TPSA) is 39.7 Å². The molecule has 2 aliphatic heterocycles. The normalized spacial score (nSPS) is 19.6. The highest BCUT2D eigenvalue weighted by atomic mass is 35.5. The van der Waals surface area contributed by atoms with Gasteiger partial charge in [0.25, 0.3) is 5.91 Å². The van der Waals surface area contributed by atoms with Gasteiger partial charge in [-0.3, -0.25) is 9.69 Å². The highest BCUT2D eigenvalue weighted by Gasteiger charge is 2.28. The molecule has 4 heterocycles. The molecule has 33 heavy (non-hydrogen) atoms. The Bertz CT molecular complexity index is 1060. The smallest absolute Gasteiger partial charge is 0.263 e. The molecule has 2 saturated heterocycles. The third-order valence-electron chi connectivity index (χ3n) is 6.61. The Kier molecular flexibility index (Phi) is 6.95. The van der Waals surface area contributed by atoms with Crippen molar-refractivity contribution in [3.8, 4) is 10.4 Å². The molecule has 5 rings (SSSR count). The first kappa shape index (κ1) is 22.4. The molecule has 2 fully saturated rings. The molecule has 0 spiro atoms. The summed E-state index contributed by atoms with van der Waals surface area (Å²) >= 11 is 7.58. The zero-order valence-electron chi connectivity index (χ0n) is 18.7. The average molecular weight is 481 g/mol. The maximum Gasteiger partial charge on any atom is 0.263 e. The maximum absolute atomic E-state index is 13.2. The number of pyridine rings is 1. The van der Waals surface area contributed by atoms with Crippen LogP contribution in [-0.4, -0.2) is 66.5 Å². The number of nitrogens with zero attached hydrogens (tertiary/aromatic N) is 4. The van der Waals surface area contributed by atoms with E-state index in [1.807, 2.05) is 54.7 Å². The fraction of sp³-hybridized carbons (Fsp3) is 0.385.